The van der Waals surface area contributed by atoms with Gasteiger partial charge in [0.25, 0.3) is 0 Å². The number of likely N-dealkylation sites (tertiary alicyclic amines) is 1. The van der Waals surface area contributed by atoms with E-state index in [9.17, 15) is 5.11 Å². The third-order valence-corrected chi connectivity index (χ3v) is 5.40. The first-order valence-corrected chi connectivity index (χ1v) is 7.94. The van der Waals surface area contributed by atoms with Gasteiger partial charge in [-0.15, -0.1) is 0 Å². The lowest BCUT2D eigenvalue weighted by Gasteiger charge is -2.47. The summed E-state index contributed by atoms with van der Waals surface area (Å²) in [5, 5.41) is 11.5. The summed E-state index contributed by atoms with van der Waals surface area (Å²) in [5.74, 6) is 0.411. The maximum absolute atomic E-state index is 10.7. The average Bonchev–Trinajstić information content (AvgIpc) is 2.43. The van der Waals surface area contributed by atoms with Crippen LogP contribution in [0.3, 0.4) is 0 Å². The normalized spacial score (nSPS) is 31.0. The van der Waals surface area contributed by atoms with Gasteiger partial charge < -0.3 is 10.8 Å². The minimum Gasteiger partial charge on any atom is -0.398 e. The third-order valence-electron chi connectivity index (χ3n) is 5.05. The minimum atomic E-state index is -0.416. The van der Waals surface area contributed by atoms with E-state index in [4.69, 9.17) is 17.3 Å². The van der Waals surface area contributed by atoms with E-state index in [1.807, 2.05) is 18.2 Å². The summed E-state index contributed by atoms with van der Waals surface area (Å²) in [6.07, 6.45) is 5.41. The summed E-state index contributed by atoms with van der Waals surface area (Å²) in [6.45, 7) is 2.68. The number of piperidine rings is 1. The summed E-state index contributed by atoms with van der Waals surface area (Å²) in [5.41, 5.74) is 7.41. The highest BCUT2D eigenvalue weighted by atomic mass is 35.5. The quantitative estimate of drug-likeness (QED) is 0.824. The molecule has 0 radical (unpaired) electrons. The van der Waals surface area contributed by atoms with Crippen LogP contribution < -0.4 is 5.73 Å². The van der Waals surface area contributed by atoms with Gasteiger partial charge in [0.2, 0.25) is 0 Å². The molecule has 0 bridgehead atoms. The van der Waals surface area contributed by atoms with Crippen LogP contribution in [0.4, 0.5) is 5.69 Å². The van der Waals surface area contributed by atoms with Gasteiger partial charge in [0.15, 0.2) is 0 Å². The molecule has 20 heavy (non-hydrogen) atoms. The first-order valence-electron chi connectivity index (χ1n) is 7.56. The Morgan fingerprint density at radius 2 is 2.20 bits per heavy atom. The molecule has 1 aliphatic heterocycles. The molecule has 0 amide bonds. The van der Waals surface area contributed by atoms with Crippen LogP contribution in [-0.4, -0.2) is 28.7 Å². The van der Waals surface area contributed by atoms with Gasteiger partial charge in [-0.05, 0) is 31.4 Å². The fourth-order valence-electron chi connectivity index (χ4n) is 3.75. The van der Waals surface area contributed by atoms with E-state index in [-0.39, 0.29) is 0 Å². The number of fused-ring (bicyclic) bond motifs is 1. The molecule has 0 spiro atoms. The molecule has 1 aliphatic carbocycles. The molecule has 3 N–H and O–H groups in total. The molecule has 1 saturated carbocycles. The van der Waals surface area contributed by atoms with Crippen LogP contribution in [0.2, 0.25) is 5.02 Å². The number of benzene rings is 1. The van der Waals surface area contributed by atoms with E-state index < -0.39 is 5.60 Å². The van der Waals surface area contributed by atoms with Gasteiger partial charge in [-0.3, -0.25) is 4.90 Å². The minimum absolute atomic E-state index is 0.411. The molecule has 1 saturated heterocycles. The highest BCUT2D eigenvalue weighted by molar-refractivity contribution is 6.31. The van der Waals surface area contributed by atoms with Crippen LogP contribution in [-0.2, 0) is 6.54 Å². The Balaban J connectivity index is 1.71. The summed E-state index contributed by atoms with van der Waals surface area (Å²) >= 11 is 6.26. The van der Waals surface area contributed by atoms with Gasteiger partial charge in [0.1, 0.15) is 0 Å². The molecule has 2 unspecified atom stereocenters. The van der Waals surface area contributed by atoms with E-state index in [2.05, 4.69) is 4.90 Å². The Bertz CT molecular complexity index is 473. The number of rotatable bonds is 2. The Kier molecular flexibility index (Phi) is 3.93. The van der Waals surface area contributed by atoms with E-state index in [1.165, 1.54) is 12.8 Å². The fourth-order valence-corrected chi connectivity index (χ4v) is 3.99. The van der Waals surface area contributed by atoms with Crippen molar-refractivity contribution in [1.82, 2.24) is 4.90 Å². The van der Waals surface area contributed by atoms with Crippen molar-refractivity contribution in [3.63, 3.8) is 0 Å². The Hall–Kier alpha value is -0.770. The van der Waals surface area contributed by atoms with E-state index in [0.29, 0.717) is 5.92 Å². The zero-order valence-electron chi connectivity index (χ0n) is 11.8. The summed E-state index contributed by atoms with van der Waals surface area (Å²) in [4.78, 5) is 2.39. The zero-order valence-corrected chi connectivity index (χ0v) is 12.6. The predicted octanol–water partition coefficient (Wildman–Crippen LogP) is 3.05. The zero-order chi connectivity index (χ0) is 14.2. The van der Waals surface area contributed by atoms with Crippen molar-refractivity contribution in [2.45, 2.75) is 44.2 Å². The van der Waals surface area contributed by atoms with Crippen molar-refractivity contribution >= 4 is 17.3 Å². The van der Waals surface area contributed by atoms with Crippen molar-refractivity contribution in [1.29, 1.82) is 0 Å². The van der Waals surface area contributed by atoms with Crippen LogP contribution in [0.1, 0.15) is 37.7 Å². The van der Waals surface area contributed by atoms with Crippen molar-refractivity contribution in [2.75, 3.05) is 18.8 Å². The largest absolute Gasteiger partial charge is 0.398 e. The van der Waals surface area contributed by atoms with Crippen molar-refractivity contribution in [3.05, 3.63) is 28.8 Å². The van der Waals surface area contributed by atoms with Crippen LogP contribution >= 0.6 is 11.6 Å². The molecule has 4 heteroatoms. The number of hydrogen-bond acceptors (Lipinski definition) is 3. The fraction of sp³-hybridized carbons (Fsp3) is 0.625. The molecule has 1 heterocycles. The van der Waals surface area contributed by atoms with Gasteiger partial charge >= 0.3 is 0 Å². The Labute approximate surface area is 125 Å². The lowest BCUT2D eigenvalue weighted by atomic mass is 9.71. The summed E-state index contributed by atoms with van der Waals surface area (Å²) < 4.78 is 0. The third kappa shape index (κ3) is 2.67. The molecule has 3 nitrogen and oxygen atoms in total. The molecule has 1 aromatic rings. The molecule has 3 rings (SSSR count). The number of halogens is 1. The first kappa shape index (κ1) is 14.2. The van der Waals surface area contributed by atoms with E-state index in [1.54, 1.807) is 0 Å². The first-order chi connectivity index (χ1) is 9.58. The second kappa shape index (κ2) is 5.55. The molecular formula is C16H23ClN2O. The number of hydrogen-bond donors (Lipinski definition) is 2. The topological polar surface area (TPSA) is 49.5 Å². The van der Waals surface area contributed by atoms with Gasteiger partial charge in [-0.2, -0.15) is 0 Å². The monoisotopic (exact) mass is 294 g/mol. The number of nitrogens with two attached hydrogens (primary N) is 1. The maximum atomic E-state index is 10.7. The molecule has 2 atom stereocenters. The number of anilines is 1. The van der Waals surface area contributed by atoms with Crippen molar-refractivity contribution < 1.29 is 5.11 Å². The lowest BCUT2D eigenvalue weighted by Crippen LogP contribution is -2.53. The second-order valence-corrected chi connectivity index (χ2v) is 6.75. The van der Waals surface area contributed by atoms with Crippen LogP contribution in [0, 0.1) is 5.92 Å². The molecule has 2 fully saturated rings. The van der Waals surface area contributed by atoms with Gasteiger partial charge in [-0.1, -0.05) is 30.5 Å². The highest BCUT2D eigenvalue weighted by Gasteiger charge is 2.42. The highest BCUT2D eigenvalue weighted by Crippen LogP contribution is 2.40. The summed E-state index contributed by atoms with van der Waals surface area (Å²) in [6, 6.07) is 5.69. The van der Waals surface area contributed by atoms with E-state index in [0.717, 1.165) is 55.2 Å². The van der Waals surface area contributed by atoms with Crippen molar-refractivity contribution in [3.8, 4) is 0 Å². The van der Waals surface area contributed by atoms with Crippen LogP contribution in [0.15, 0.2) is 18.2 Å². The van der Waals surface area contributed by atoms with Gasteiger partial charge in [0.05, 0.1) is 5.60 Å². The van der Waals surface area contributed by atoms with Gasteiger partial charge in [0, 0.05) is 41.8 Å². The van der Waals surface area contributed by atoms with Crippen LogP contribution in [0.5, 0.6) is 0 Å². The number of aliphatic hydroxyl groups is 1. The van der Waals surface area contributed by atoms with E-state index >= 15 is 0 Å². The van der Waals surface area contributed by atoms with Gasteiger partial charge in [-0.25, -0.2) is 0 Å². The SMILES string of the molecule is Nc1cccc(Cl)c1CN1CCC2(O)CCCCC2C1. The Morgan fingerprint density at radius 3 is 3.00 bits per heavy atom. The average molecular weight is 295 g/mol. The molecule has 110 valence electrons. The smallest absolute Gasteiger partial charge is 0.0700 e. The lowest BCUT2D eigenvalue weighted by molar-refractivity contribution is -0.0967. The van der Waals surface area contributed by atoms with Crippen LogP contribution in [0.25, 0.3) is 0 Å². The molecule has 2 aliphatic rings. The standard InChI is InChI=1S/C16H23ClN2O/c17-14-5-3-6-15(18)13(14)11-19-9-8-16(20)7-2-1-4-12(16)10-19/h3,5-6,12,20H,1-2,4,7-11,18H2. The number of nitrogen functional groups attached to an aromatic ring is 1. The number of nitrogens with zero attached hydrogens (tertiary/aromatic N) is 1. The molecular weight excluding hydrogens is 272 g/mol. The van der Waals surface area contributed by atoms with Crippen molar-refractivity contribution in [2.24, 2.45) is 5.92 Å². The molecule has 0 aromatic heterocycles. The molecule has 1 aromatic carbocycles. The Morgan fingerprint density at radius 1 is 1.35 bits per heavy atom. The maximum Gasteiger partial charge on any atom is 0.0700 e. The summed E-state index contributed by atoms with van der Waals surface area (Å²) in [7, 11) is 0. The second-order valence-electron chi connectivity index (χ2n) is 6.34. The predicted molar refractivity (Wildman–Crippen MR) is 82.7 cm³/mol.